The van der Waals surface area contributed by atoms with Gasteiger partial charge in [0.2, 0.25) is 11.7 Å². The summed E-state index contributed by atoms with van der Waals surface area (Å²) in [5, 5.41) is 2.88. The van der Waals surface area contributed by atoms with E-state index in [1.54, 1.807) is 36.4 Å². The molecule has 3 aromatic carbocycles. The number of benzene rings is 3. The molecule has 0 amide bonds. The number of H-pyrrole nitrogens is 1. The molecule has 0 atom stereocenters. The molecule has 0 aliphatic carbocycles. The maximum absolute atomic E-state index is 13.1. The first-order chi connectivity index (χ1) is 17.6. The van der Waals surface area contributed by atoms with Crippen LogP contribution in [0.3, 0.4) is 0 Å². The smallest absolute Gasteiger partial charge is 0.416 e. The van der Waals surface area contributed by atoms with Gasteiger partial charge in [-0.25, -0.2) is 9.78 Å². The van der Waals surface area contributed by atoms with Crippen molar-refractivity contribution < 1.29 is 32.2 Å². The van der Waals surface area contributed by atoms with Crippen molar-refractivity contribution in [2.75, 3.05) is 12.4 Å². The zero-order valence-corrected chi connectivity index (χ0v) is 20.5. The molecule has 37 heavy (non-hydrogen) atoms. The van der Waals surface area contributed by atoms with E-state index in [0.29, 0.717) is 29.4 Å². The Balaban J connectivity index is 1.53. The molecule has 0 saturated heterocycles. The maximum atomic E-state index is 13.1. The van der Waals surface area contributed by atoms with Crippen LogP contribution in [0.4, 0.5) is 24.8 Å². The number of nitrogens with one attached hydrogen (secondary N) is 2. The molecule has 4 aromatic rings. The quantitative estimate of drug-likeness (QED) is 0.140. The number of carbonyl (C=O) groups excluding carboxylic acids is 1. The highest BCUT2D eigenvalue weighted by Crippen LogP contribution is 2.37. The van der Waals surface area contributed by atoms with E-state index in [0.717, 1.165) is 17.7 Å². The first-order valence-corrected chi connectivity index (χ1v) is 11.3. The Morgan fingerprint density at radius 3 is 2.54 bits per heavy atom. The van der Waals surface area contributed by atoms with Crippen LogP contribution in [0.5, 0.6) is 17.2 Å². The Morgan fingerprint density at radius 2 is 1.89 bits per heavy atom. The molecule has 11 heteroatoms. The molecule has 0 unspecified atom stereocenters. The van der Waals surface area contributed by atoms with Crippen molar-refractivity contribution in [3.63, 3.8) is 0 Å². The van der Waals surface area contributed by atoms with Gasteiger partial charge in [0.15, 0.2) is 11.5 Å². The van der Waals surface area contributed by atoms with Gasteiger partial charge in [-0.2, -0.15) is 13.2 Å². The van der Waals surface area contributed by atoms with Crippen molar-refractivity contribution in [2.45, 2.75) is 19.5 Å². The van der Waals surface area contributed by atoms with Gasteiger partial charge in [0, 0.05) is 5.69 Å². The molecule has 0 fully saturated rings. The summed E-state index contributed by atoms with van der Waals surface area (Å²) in [7, 11) is 1.23. The summed E-state index contributed by atoms with van der Waals surface area (Å²) < 4.78 is 55.5. The summed E-state index contributed by atoms with van der Waals surface area (Å²) in [6.07, 6.45) is -3.91. The van der Waals surface area contributed by atoms with Crippen molar-refractivity contribution in [1.82, 2.24) is 9.97 Å². The molecule has 4 rings (SSSR count). The number of methoxy groups -OCH3 is 1. The number of fused-ring (bicyclic) bond motifs is 1. The van der Waals surface area contributed by atoms with Gasteiger partial charge in [-0.3, -0.25) is 0 Å². The van der Waals surface area contributed by atoms with Crippen molar-refractivity contribution in [2.24, 2.45) is 0 Å². The highest BCUT2D eigenvalue weighted by Gasteiger charge is 2.31. The van der Waals surface area contributed by atoms with E-state index in [1.807, 2.05) is 13.0 Å². The van der Waals surface area contributed by atoms with Crippen molar-refractivity contribution in [3.8, 4) is 17.2 Å². The summed E-state index contributed by atoms with van der Waals surface area (Å²) in [5.74, 6) is 0.528. The minimum atomic E-state index is -4.53. The number of alkyl halides is 3. The Morgan fingerprint density at radius 1 is 1.16 bits per heavy atom. The lowest BCUT2D eigenvalue weighted by molar-refractivity contribution is -0.139. The third kappa shape index (κ3) is 5.80. The molecular weight excluding hydrogens is 511 g/mol. The van der Waals surface area contributed by atoms with Crippen LogP contribution in [0.1, 0.15) is 18.1 Å². The van der Waals surface area contributed by atoms with Gasteiger partial charge in [0.25, 0.3) is 0 Å². The molecule has 7 nitrogen and oxygen atoms in total. The second kappa shape index (κ2) is 10.4. The molecule has 0 spiro atoms. The minimum Gasteiger partial charge on any atom is -0.463 e. The number of ether oxygens (including phenoxy) is 3. The zero-order valence-electron chi connectivity index (χ0n) is 19.7. The third-order valence-corrected chi connectivity index (χ3v) is 5.58. The largest absolute Gasteiger partial charge is 0.463 e. The lowest BCUT2D eigenvalue weighted by atomic mass is 10.1. The molecule has 2 N–H and O–H groups in total. The number of aromatic nitrogens is 2. The standard InChI is InChI=1S/C26H21ClF3N3O4/c1-4-15-6-5-7-21(23(15)36-14(2)24(34)35-3)37-18-10-8-17(9-11-18)31-25-32-20-13-16(26(28,29)30)12-19(27)22(20)33-25/h5-13H,2,4H2,1,3H3,(H2,31,32,33). The summed E-state index contributed by atoms with van der Waals surface area (Å²) in [6, 6.07) is 13.9. The van der Waals surface area contributed by atoms with Crippen LogP contribution < -0.4 is 14.8 Å². The van der Waals surface area contributed by atoms with Crippen molar-refractivity contribution >= 4 is 40.2 Å². The molecule has 1 heterocycles. The molecule has 0 aliphatic rings. The number of esters is 1. The van der Waals surface area contributed by atoms with E-state index in [1.165, 1.54) is 7.11 Å². The fraction of sp³-hybridized carbons (Fsp3) is 0.154. The number of aryl methyl sites for hydroxylation is 1. The highest BCUT2D eigenvalue weighted by atomic mass is 35.5. The number of anilines is 2. The average Bonchev–Trinajstić information content (AvgIpc) is 3.28. The van der Waals surface area contributed by atoms with Crippen LogP contribution in [0.15, 0.2) is 66.9 Å². The third-order valence-electron chi connectivity index (χ3n) is 5.29. The number of nitrogens with zero attached hydrogens (tertiary/aromatic N) is 1. The minimum absolute atomic E-state index is 0.111. The summed E-state index contributed by atoms with van der Waals surface area (Å²) in [4.78, 5) is 18.8. The van der Waals surface area contributed by atoms with E-state index >= 15 is 0 Å². The van der Waals surface area contributed by atoms with Crippen LogP contribution in [0.2, 0.25) is 5.02 Å². The van der Waals surface area contributed by atoms with E-state index < -0.39 is 17.7 Å². The molecule has 0 aliphatic heterocycles. The number of rotatable bonds is 8. The summed E-state index contributed by atoms with van der Waals surface area (Å²) in [5.41, 5.74) is 0.898. The SMILES string of the molecule is C=C(Oc1c(CC)cccc1Oc1ccc(Nc2nc3c(Cl)cc(C(F)(F)F)cc3[nH]2)cc1)C(=O)OC. The van der Waals surface area contributed by atoms with Gasteiger partial charge in [-0.15, -0.1) is 0 Å². The van der Waals surface area contributed by atoms with Gasteiger partial charge >= 0.3 is 12.1 Å². The van der Waals surface area contributed by atoms with Gasteiger partial charge in [-0.1, -0.05) is 30.7 Å². The molecule has 0 saturated carbocycles. The van der Waals surface area contributed by atoms with Gasteiger partial charge < -0.3 is 24.5 Å². The molecular formula is C26H21ClF3N3O4. The molecule has 192 valence electrons. The summed E-state index contributed by atoms with van der Waals surface area (Å²) in [6.45, 7) is 5.53. The molecule has 0 radical (unpaired) electrons. The Bertz CT molecular complexity index is 1470. The van der Waals surface area contributed by atoms with Crippen LogP contribution in [0.25, 0.3) is 11.0 Å². The Labute approximate surface area is 214 Å². The normalized spacial score (nSPS) is 11.3. The Hall–Kier alpha value is -4.18. The van der Waals surface area contributed by atoms with Crippen molar-refractivity contribution in [1.29, 1.82) is 0 Å². The topological polar surface area (TPSA) is 85.5 Å². The predicted octanol–water partition coefficient (Wildman–Crippen LogP) is 7.40. The van der Waals surface area contributed by atoms with E-state index in [4.69, 9.17) is 21.1 Å². The number of imidazole rings is 1. The van der Waals surface area contributed by atoms with E-state index in [9.17, 15) is 18.0 Å². The van der Waals surface area contributed by atoms with E-state index in [2.05, 4.69) is 26.6 Å². The van der Waals surface area contributed by atoms with E-state index in [-0.39, 0.29) is 27.8 Å². The van der Waals surface area contributed by atoms with Crippen LogP contribution in [-0.2, 0) is 22.1 Å². The number of hydrogen-bond acceptors (Lipinski definition) is 6. The van der Waals surface area contributed by atoms with Gasteiger partial charge in [-0.05, 0) is 61.0 Å². The van der Waals surface area contributed by atoms with Crippen LogP contribution in [0, 0.1) is 0 Å². The fourth-order valence-corrected chi connectivity index (χ4v) is 3.74. The van der Waals surface area contributed by atoms with Gasteiger partial charge in [0.1, 0.15) is 11.3 Å². The number of para-hydroxylation sites is 1. The lowest BCUT2D eigenvalue weighted by Gasteiger charge is -2.16. The Kier molecular flexibility index (Phi) is 7.30. The lowest BCUT2D eigenvalue weighted by Crippen LogP contribution is -2.10. The second-order valence-corrected chi connectivity index (χ2v) is 8.21. The molecule has 1 aromatic heterocycles. The average molecular weight is 532 g/mol. The predicted molar refractivity (Wildman–Crippen MR) is 134 cm³/mol. The highest BCUT2D eigenvalue weighted by molar-refractivity contribution is 6.35. The number of carbonyl (C=O) groups is 1. The first-order valence-electron chi connectivity index (χ1n) is 11.0. The second-order valence-electron chi connectivity index (χ2n) is 7.80. The fourth-order valence-electron chi connectivity index (χ4n) is 3.48. The van der Waals surface area contributed by atoms with Crippen LogP contribution >= 0.6 is 11.6 Å². The number of halogens is 4. The van der Waals surface area contributed by atoms with Gasteiger partial charge in [0.05, 0.1) is 23.2 Å². The van der Waals surface area contributed by atoms with Crippen molar-refractivity contribution in [3.05, 3.63) is 83.1 Å². The maximum Gasteiger partial charge on any atom is 0.416 e. The number of hydrogen-bond donors (Lipinski definition) is 2. The molecule has 0 bridgehead atoms. The van der Waals surface area contributed by atoms with Crippen LogP contribution in [-0.4, -0.2) is 23.0 Å². The zero-order chi connectivity index (χ0) is 26.7. The number of aromatic amines is 1. The first kappa shape index (κ1) is 25.9. The summed E-state index contributed by atoms with van der Waals surface area (Å²) >= 11 is 6.01. The monoisotopic (exact) mass is 531 g/mol.